The van der Waals surface area contributed by atoms with Crippen LogP contribution in [0.25, 0.3) is 0 Å². The normalized spacial score (nSPS) is 11.2. The number of phosphoric acid groups is 1. The van der Waals surface area contributed by atoms with Gasteiger partial charge in [-0.15, -0.1) is 12.4 Å². The van der Waals surface area contributed by atoms with Gasteiger partial charge in [0, 0.05) is 0 Å². The number of halogens is 1. The number of unbranched alkanes of at least 4 members (excludes halogenated alkanes) is 4. The van der Waals surface area contributed by atoms with Crippen molar-refractivity contribution in [1.29, 1.82) is 0 Å². The second-order valence-electron chi connectivity index (χ2n) is 3.55. The quantitative estimate of drug-likeness (QED) is 0.484. The molecule has 100 valence electrons. The van der Waals surface area contributed by atoms with E-state index in [0.717, 1.165) is 38.5 Å². The number of hydrogen-bond donors (Lipinski definition) is 1. The first-order chi connectivity index (χ1) is 7.12. The molecular weight excluding hydrogens is 251 g/mol. The summed E-state index contributed by atoms with van der Waals surface area (Å²) < 4.78 is 20.9. The van der Waals surface area contributed by atoms with Crippen molar-refractivity contribution in [2.45, 2.75) is 52.4 Å². The molecule has 0 fully saturated rings. The van der Waals surface area contributed by atoms with Crippen LogP contribution < -0.4 is 0 Å². The standard InChI is InChI=1S/C10H23O4P.ClH/c1-3-5-7-9-13-15(11,12)14-10-8-6-4-2;/h3-10H2,1-2H3,(H,11,12);1H. The highest BCUT2D eigenvalue weighted by Crippen LogP contribution is 2.43. The Morgan fingerprint density at radius 2 is 1.31 bits per heavy atom. The molecule has 0 bridgehead atoms. The van der Waals surface area contributed by atoms with E-state index < -0.39 is 7.82 Å². The average Bonchev–Trinajstić information content (AvgIpc) is 2.20. The van der Waals surface area contributed by atoms with Crippen LogP contribution in [0.15, 0.2) is 0 Å². The largest absolute Gasteiger partial charge is 0.472 e. The molecule has 0 atom stereocenters. The number of rotatable bonds is 10. The maximum absolute atomic E-state index is 11.3. The first kappa shape index (κ1) is 18.8. The summed E-state index contributed by atoms with van der Waals surface area (Å²) in [5.74, 6) is 0. The van der Waals surface area contributed by atoms with Crippen molar-refractivity contribution < 1.29 is 18.5 Å². The maximum Gasteiger partial charge on any atom is 0.472 e. The minimum Gasteiger partial charge on any atom is -0.302 e. The van der Waals surface area contributed by atoms with Crippen LogP contribution in [-0.4, -0.2) is 18.1 Å². The molecule has 0 unspecified atom stereocenters. The van der Waals surface area contributed by atoms with E-state index in [2.05, 4.69) is 13.8 Å². The van der Waals surface area contributed by atoms with E-state index >= 15 is 0 Å². The second-order valence-corrected chi connectivity index (χ2v) is 5.00. The summed E-state index contributed by atoms with van der Waals surface area (Å²) in [5.41, 5.74) is 0. The molecule has 0 aromatic heterocycles. The van der Waals surface area contributed by atoms with Gasteiger partial charge in [-0.3, -0.25) is 9.05 Å². The third-order valence-corrected chi connectivity index (χ3v) is 3.02. The molecule has 0 aromatic carbocycles. The van der Waals surface area contributed by atoms with Crippen LogP contribution >= 0.6 is 20.2 Å². The molecule has 1 N–H and O–H groups in total. The molecule has 0 aliphatic carbocycles. The molecule has 16 heavy (non-hydrogen) atoms. The number of phosphoric ester groups is 1. The highest BCUT2D eigenvalue weighted by molar-refractivity contribution is 7.47. The van der Waals surface area contributed by atoms with E-state index in [9.17, 15) is 9.46 Å². The molecule has 0 aliphatic heterocycles. The van der Waals surface area contributed by atoms with Crippen LogP contribution in [0.3, 0.4) is 0 Å². The van der Waals surface area contributed by atoms with Crippen molar-refractivity contribution in [3.8, 4) is 0 Å². The van der Waals surface area contributed by atoms with Gasteiger partial charge in [0.2, 0.25) is 0 Å². The second kappa shape index (κ2) is 11.9. The molecule has 0 saturated carbocycles. The third kappa shape index (κ3) is 12.5. The lowest BCUT2D eigenvalue weighted by atomic mass is 10.3. The first-order valence-electron chi connectivity index (χ1n) is 5.74. The summed E-state index contributed by atoms with van der Waals surface area (Å²) >= 11 is 0. The van der Waals surface area contributed by atoms with Crippen LogP contribution in [0.1, 0.15) is 52.4 Å². The van der Waals surface area contributed by atoms with Gasteiger partial charge in [-0.1, -0.05) is 39.5 Å². The molecule has 0 radical (unpaired) electrons. The van der Waals surface area contributed by atoms with Crippen molar-refractivity contribution in [2.75, 3.05) is 13.2 Å². The minimum absolute atomic E-state index is 0. The minimum atomic E-state index is -3.77. The zero-order valence-electron chi connectivity index (χ0n) is 10.2. The third-order valence-electron chi connectivity index (χ3n) is 2.00. The average molecular weight is 275 g/mol. The molecule has 0 aromatic rings. The lowest BCUT2D eigenvalue weighted by molar-refractivity contribution is 0.145. The van der Waals surface area contributed by atoms with Gasteiger partial charge in [0.25, 0.3) is 0 Å². The fourth-order valence-electron chi connectivity index (χ4n) is 1.10. The molecule has 0 saturated heterocycles. The Hall–Kier alpha value is 0.400. The predicted molar refractivity (Wildman–Crippen MR) is 68.0 cm³/mol. The molecule has 4 nitrogen and oxygen atoms in total. The van der Waals surface area contributed by atoms with E-state index in [1.807, 2.05) is 0 Å². The smallest absolute Gasteiger partial charge is 0.302 e. The lowest BCUT2D eigenvalue weighted by Gasteiger charge is -2.11. The summed E-state index contributed by atoms with van der Waals surface area (Å²) in [6, 6.07) is 0. The molecular formula is C10H24ClO4P. The molecule has 0 heterocycles. The van der Waals surface area contributed by atoms with Gasteiger partial charge in [0.05, 0.1) is 13.2 Å². The van der Waals surface area contributed by atoms with Gasteiger partial charge in [0.1, 0.15) is 0 Å². The fraction of sp³-hybridized carbons (Fsp3) is 1.00. The van der Waals surface area contributed by atoms with E-state index in [1.165, 1.54) is 0 Å². The Kier molecular flexibility index (Phi) is 13.9. The molecule has 0 amide bonds. The van der Waals surface area contributed by atoms with Gasteiger partial charge in [-0.05, 0) is 12.8 Å². The van der Waals surface area contributed by atoms with Crippen molar-refractivity contribution >= 4 is 20.2 Å². The summed E-state index contributed by atoms with van der Waals surface area (Å²) in [6.45, 7) is 4.74. The van der Waals surface area contributed by atoms with E-state index in [1.54, 1.807) is 0 Å². The van der Waals surface area contributed by atoms with Crippen molar-refractivity contribution in [2.24, 2.45) is 0 Å². The zero-order valence-corrected chi connectivity index (χ0v) is 11.9. The maximum atomic E-state index is 11.3. The van der Waals surface area contributed by atoms with E-state index in [4.69, 9.17) is 9.05 Å². The highest BCUT2D eigenvalue weighted by atomic mass is 35.5. The summed E-state index contributed by atoms with van der Waals surface area (Å²) in [6.07, 6.45) is 5.76. The summed E-state index contributed by atoms with van der Waals surface area (Å²) in [5, 5.41) is 0. The topological polar surface area (TPSA) is 55.8 Å². The van der Waals surface area contributed by atoms with Crippen LogP contribution in [0.2, 0.25) is 0 Å². The Bertz CT molecular complexity index is 174. The molecule has 0 aliphatic rings. The van der Waals surface area contributed by atoms with Crippen molar-refractivity contribution in [1.82, 2.24) is 0 Å². The van der Waals surface area contributed by atoms with Crippen LogP contribution in [0, 0.1) is 0 Å². The molecule has 0 rings (SSSR count). The molecule has 0 spiro atoms. The van der Waals surface area contributed by atoms with Gasteiger partial charge < -0.3 is 4.89 Å². The van der Waals surface area contributed by atoms with Crippen molar-refractivity contribution in [3.63, 3.8) is 0 Å². The Morgan fingerprint density at radius 3 is 1.62 bits per heavy atom. The van der Waals surface area contributed by atoms with Crippen LogP contribution in [0.5, 0.6) is 0 Å². The summed E-state index contributed by atoms with van der Waals surface area (Å²) in [7, 11) is -3.77. The van der Waals surface area contributed by atoms with Gasteiger partial charge in [-0.25, -0.2) is 4.57 Å². The highest BCUT2D eigenvalue weighted by Gasteiger charge is 2.19. The Labute approximate surface area is 105 Å². The zero-order chi connectivity index (χ0) is 11.6. The van der Waals surface area contributed by atoms with E-state index in [-0.39, 0.29) is 12.4 Å². The Balaban J connectivity index is 0. The van der Waals surface area contributed by atoms with Gasteiger partial charge in [-0.2, -0.15) is 0 Å². The van der Waals surface area contributed by atoms with Crippen molar-refractivity contribution in [3.05, 3.63) is 0 Å². The first-order valence-corrected chi connectivity index (χ1v) is 7.23. The SMILES string of the molecule is CCCCCOP(=O)(O)OCCCCC.Cl. The van der Waals surface area contributed by atoms with Gasteiger partial charge in [0.15, 0.2) is 0 Å². The summed E-state index contributed by atoms with van der Waals surface area (Å²) in [4.78, 5) is 9.22. The van der Waals surface area contributed by atoms with Crippen LogP contribution in [-0.2, 0) is 13.6 Å². The van der Waals surface area contributed by atoms with Crippen LogP contribution in [0.4, 0.5) is 0 Å². The Morgan fingerprint density at radius 1 is 0.938 bits per heavy atom. The van der Waals surface area contributed by atoms with Gasteiger partial charge >= 0.3 is 7.82 Å². The predicted octanol–water partition coefficient (Wildman–Crippen LogP) is 3.92. The number of hydrogen-bond acceptors (Lipinski definition) is 3. The molecule has 6 heteroatoms. The lowest BCUT2D eigenvalue weighted by Crippen LogP contribution is -1.98. The monoisotopic (exact) mass is 274 g/mol. The van der Waals surface area contributed by atoms with E-state index in [0.29, 0.717) is 13.2 Å². The fourth-order valence-corrected chi connectivity index (χ4v) is 1.90.